The van der Waals surface area contributed by atoms with Crippen molar-refractivity contribution in [3.63, 3.8) is 0 Å². The number of hydrogen-bond donors (Lipinski definition) is 4. The molecule has 3 amide bonds. The third-order valence-electron chi connectivity index (χ3n) is 3.31. The van der Waals surface area contributed by atoms with E-state index < -0.39 is 30.1 Å². The number of hydrogen-bond acceptors (Lipinski definition) is 4. The fraction of sp³-hybridized carbons (Fsp3) is 0.667. The van der Waals surface area contributed by atoms with E-state index in [0.717, 1.165) is 0 Å². The van der Waals surface area contributed by atoms with Crippen LogP contribution in [0.2, 0.25) is 0 Å². The van der Waals surface area contributed by atoms with Crippen LogP contribution < -0.4 is 10.6 Å². The van der Waals surface area contributed by atoms with Gasteiger partial charge in [-0.1, -0.05) is 0 Å². The van der Waals surface area contributed by atoms with Gasteiger partial charge >= 0.3 is 18.0 Å². The number of urea groups is 1. The average molecular weight is 301 g/mol. The van der Waals surface area contributed by atoms with E-state index in [4.69, 9.17) is 10.2 Å². The minimum Gasteiger partial charge on any atom is -0.481 e. The molecule has 1 rings (SSSR count). The molecular formula is C12H19N3O6. The van der Waals surface area contributed by atoms with Crippen LogP contribution in [-0.4, -0.2) is 64.7 Å². The van der Waals surface area contributed by atoms with Crippen molar-refractivity contribution in [1.29, 1.82) is 0 Å². The van der Waals surface area contributed by atoms with Gasteiger partial charge in [0, 0.05) is 20.0 Å². The van der Waals surface area contributed by atoms with Crippen LogP contribution in [0.4, 0.5) is 4.79 Å². The van der Waals surface area contributed by atoms with Crippen molar-refractivity contribution >= 4 is 23.9 Å². The highest BCUT2D eigenvalue weighted by Crippen LogP contribution is 2.17. The van der Waals surface area contributed by atoms with E-state index in [-0.39, 0.29) is 18.7 Å². The minimum atomic E-state index is -1.31. The second kappa shape index (κ2) is 7.46. The zero-order valence-corrected chi connectivity index (χ0v) is 11.7. The largest absolute Gasteiger partial charge is 0.481 e. The number of rotatable bonds is 6. The maximum absolute atomic E-state index is 12.1. The number of carboxylic acid groups (broad SMARTS) is 2. The number of carboxylic acids is 2. The molecule has 0 spiro atoms. The number of likely N-dealkylation sites (N-methyl/N-ethyl adjacent to an activating group) is 1. The summed E-state index contributed by atoms with van der Waals surface area (Å²) in [6.07, 6.45) is 0.587. The number of carbonyl (C=O) groups is 4. The molecule has 9 heteroatoms. The van der Waals surface area contributed by atoms with Gasteiger partial charge in [0.05, 0.1) is 0 Å². The first-order chi connectivity index (χ1) is 9.86. The first kappa shape index (κ1) is 16.7. The Morgan fingerprint density at radius 3 is 2.48 bits per heavy atom. The Balaban J connectivity index is 2.66. The quantitative estimate of drug-likeness (QED) is 0.508. The van der Waals surface area contributed by atoms with E-state index >= 15 is 0 Å². The predicted octanol–water partition coefficient (Wildman–Crippen LogP) is -0.776. The maximum atomic E-state index is 12.1. The molecule has 1 fully saturated rings. The van der Waals surface area contributed by atoms with Crippen LogP contribution in [0.5, 0.6) is 0 Å². The molecule has 0 aliphatic carbocycles. The molecule has 1 saturated heterocycles. The Bertz CT molecular complexity index is 439. The molecule has 1 aliphatic heterocycles. The van der Waals surface area contributed by atoms with Crippen LogP contribution in [0.3, 0.4) is 0 Å². The topological polar surface area (TPSA) is 136 Å². The molecule has 2 atom stereocenters. The molecule has 1 aliphatic rings. The Morgan fingerprint density at radius 1 is 1.29 bits per heavy atom. The molecule has 0 aromatic heterocycles. The first-order valence-electron chi connectivity index (χ1n) is 6.60. The van der Waals surface area contributed by atoms with E-state index in [1.54, 1.807) is 0 Å². The Labute approximate surface area is 121 Å². The van der Waals surface area contributed by atoms with Gasteiger partial charge in [0.1, 0.15) is 12.1 Å². The first-order valence-corrected chi connectivity index (χ1v) is 6.60. The molecular weight excluding hydrogens is 282 g/mol. The van der Waals surface area contributed by atoms with Crippen molar-refractivity contribution in [2.24, 2.45) is 0 Å². The molecule has 1 heterocycles. The molecule has 4 N–H and O–H groups in total. The summed E-state index contributed by atoms with van der Waals surface area (Å²) in [5.41, 5.74) is 0. The van der Waals surface area contributed by atoms with E-state index in [9.17, 15) is 19.2 Å². The van der Waals surface area contributed by atoms with Crippen LogP contribution in [-0.2, 0) is 14.4 Å². The summed E-state index contributed by atoms with van der Waals surface area (Å²) in [5, 5.41) is 22.3. The fourth-order valence-corrected chi connectivity index (χ4v) is 2.21. The van der Waals surface area contributed by atoms with Gasteiger partial charge in [0.15, 0.2) is 0 Å². The third-order valence-corrected chi connectivity index (χ3v) is 3.31. The minimum absolute atomic E-state index is 0.213. The summed E-state index contributed by atoms with van der Waals surface area (Å²) in [6.45, 7) is 0.356. The van der Waals surface area contributed by atoms with Crippen LogP contribution in [0.25, 0.3) is 0 Å². The summed E-state index contributed by atoms with van der Waals surface area (Å²) >= 11 is 0. The Kier molecular flexibility index (Phi) is 5.94. The van der Waals surface area contributed by atoms with E-state index in [1.807, 2.05) is 0 Å². The zero-order chi connectivity index (χ0) is 16.0. The van der Waals surface area contributed by atoms with Crippen LogP contribution in [0.15, 0.2) is 0 Å². The molecule has 9 nitrogen and oxygen atoms in total. The monoisotopic (exact) mass is 301 g/mol. The lowest BCUT2D eigenvalue weighted by Gasteiger charge is -2.25. The van der Waals surface area contributed by atoms with Crippen LogP contribution >= 0.6 is 0 Å². The van der Waals surface area contributed by atoms with Crippen molar-refractivity contribution in [3.8, 4) is 0 Å². The molecule has 21 heavy (non-hydrogen) atoms. The third kappa shape index (κ3) is 4.62. The highest BCUT2D eigenvalue weighted by molar-refractivity contribution is 5.89. The number of carbonyl (C=O) groups excluding carboxylic acids is 2. The summed E-state index contributed by atoms with van der Waals surface area (Å²) < 4.78 is 0. The fourth-order valence-electron chi connectivity index (χ4n) is 2.21. The Morgan fingerprint density at radius 2 is 1.95 bits per heavy atom. The molecule has 0 radical (unpaired) electrons. The second-order valence-corrected chi connectivity index (χ2v) is 4.74. The number of nitrogens with zero attached hydrogens (tertiary/aromatic N) is 1. The average Bonchev–Trinajstić information content (AvgIpc) is 2.91. The lowest BCUT2D eigenvalue weighted by atomic mass is 10.1. The summed E-state index contributed by atoms with van der Waals surface area (Å²) in [4.78, 5) is 46.5. The van der Waals surface area contributed by atoms with Gasteiger partial charge in [-0.05, 0) is 19.3 Å². The molecule has 1 unspecified atom stereocenters. The van der Waals surface area contributed by atoms with Crippen molar-refractivity contribution in [3.05, 3.63) is 0 Å². The smallest absolute Gasteiger partial charge is 0.326 e. The van der Waals surface area contributed by atoms with Gasteiger partial charge in [-0.25, -0.2) is 9.59 Å². The van der Waals surface area contributed by atoms with Crippen LogP contribution in [0, 0.1) is 0 Å². The van der Waals surface area contributed by atoms with Gasteiger partial charge in [0.2, 0.25) is 5.91 Å². The van der Waals surface area contributed by atoms with Crippen molar-refractivity contribution in [1.82, 2.24) is 15.5 Å². The highest BCUT2D eigenvalue weighted by atomic mass is 16.4. The lowest BCUT2D eigenvalue weighted by molar-refractivity contribution is -0.140. The van der Waals surface area contributed by atoms with Gasteiger partial charge in [-0.15, -0.1) is 0 Å². The molecule has 0 aromatic rings. The Hall–Kier alpha value is -2.32. The van der Waals surface area contributed by atoms with Crippen molar-refractivity contribution in [2.75, 3.05) is 13.6 Å². The number of aliphatic carboxylic acids is 2. The SMILES string of the molecule is CNC(=O)C1CCCN1C(=O)N[C@@H](CCC(=O)O)C(=O)O. The van der Waals surface area contributed by atoms with E-state index in [1.165, 1.54) is 11.9 Å². The predicted molar refractivity (Wildman–Crippen MR) is 70.6 cm³/mol. The number of likely N-dealkylation sites (tertiary alicyclic amines) is 1. The molecule has 118 valence electrons. The lowest BCUT2D eigenvalue weighted by Crippen LogP contribution is -2.52. The molecule has 0 bridgehead atoms. The standard InChI is InChI=1S/C12H19N3O6/c1-13-10(18)8-3-2-6-15(8)12(21)14-7(11(19)20)4-5-9(16)17/h7-8H,2-6H2,1H3,(H,13,18)(H,14,21)(H,16,17)(H,19,20)/t7-,8?/m0/s1. The van der Waals surface area contributed by atoms with Crippen molar-refractivity contribution in [2.45, 2.75) is 37.8 Å². The molecule has 0 aromatic carbocycles. The second-order valence-electron chi connectivity index (χ2n) is 4.74. The number of nitrogens with one attached hydrogen (secondary N) is 2. The van der Waals surface area contributed by atoms with Gasteiger partial charge < -0.3 is 25.7 Å². The van der Waals surface area contributed by atoms with Crippen LogP contribution in [0.1, 0.15) is 25.7 Å². The summed E-state index contributed by atoms with van der Waals surface area (Å²) in [7, 11) is 1.46. The van der Waals surface area contributed by atoms with Gasteiger partial charge in [0.25, 0.3) is 0 Å². The summed E-state index contributed by atoms with van der Waals surface area (Å²) in [6, 6.07) is -2.58. The van der Waals surface area contributed by atoms with Gasteiger partial charge in [-0.2, -0.15) is 0 Å². The molecule has 0 saturated carbocycles. The highest BCUT2D eigenvalue weighted by Gasteiger charge is 2.35. The normalized spacial score (nSPS) is 18.9. The van der Waals surface area contributed by atoms with E-state index in [0.29, 0.717) is 19.4 Å². The van der Waals surface area contributed by atoms with Crippen molar-refractivity contribution < 1.29 is 29.4 Å². The summed E-state index contributed by atoms with van der Waals surface area (Å²) in [5.74, 6) is -2.75. The number of amides is 3. The van der Waals surface area contributed by atoms with Gasteiger partial charge in [-0.3, -0.25) is 9.59 Å². The van der Waals surface area contributed by atoms with E-state index in [2.05, 4.69) is 10.6 Å². The maximum Gasteiger partial charge on any atom is 0.326 e. The zero-order valence-electron chi connectivity index (χ0n) is 11.7.